The molecule has 3 nitrogen and oxygen atoms in total. The van der Waals surface area contributed by atoms with Crippen LogP contribution in [0.3, 0.4) is 0 Å². The number of para-hydroxylation sites is 4. The summed E-state index contributed by atoms with van der Waals surface area (Å²) in [6, 6.07) is 80.9. The summed E-state index contributed by atoms with van der Waals surface area (Å²) in [5, 5.41) is 5.10. The van der Waals surface area contributed by atoms with Crippen LogP contribution >= 0.6 is 11.3 Å². The van der Waals surface area contributed by atoms with E-state index in [2.05, 4.69) is 239 Å². The Balaban J connectivity index is 1.05. The van der Waals surface area contributed by atoms with Crippen molar-refractivity contribution in [3.8, 4) is 16.8 Å². The number of anilines is 6. The van der Waals surface area contributed by atoms with Gasteiger partial charge in [-0.25, -0.2) is 0 Å². The summed E-state index contributed by atoms with van der Waals surface area (Å²) < 4.78 is 5.06. The lowest BCUT2D eigenvalue weighted by molar-refractivity contribution is 1.17. The van der Waals surface area contributed by atoms with Gasteiger partial charge in [-0.2, -0.15) is 0 Å². The predicted octanol–water partition coefficient (Wildman–Crippen LogP) is 15.8. The van der Waals surface area contributed by atoms with Crippen molar-refractivity contribution in [1.82, 2.24) is 4.57 Å². The molecular formula is C54H37N3S. The summed E-state index contributed by atoms with van der Waals surface area (Å²) in [5.41, 5.74) is 12.6. The van der Waals surface area contributed by atoms with Gasteiger partial charge >= 0.3 is 0 Å². The Hall–Kier alpha value is -7.40. The van der Waals surface area contributed by atoms with Gasteiger partial charge in [-0.05, 0) is 126 Å². The van der Waals surface area contributed by atoms with Crippen molar-refractivity contribution >= 4 is 87.4 Å². The van der Waals surface area contributed by atoms with Crippen molar-refractivity contribution in [2.24, 2.45) is 0 Å². The molecule has 0 saturated carbocycles. The van der Waals surface area contributed by atoms with Gasteiger partial charge in [-0.15, -0.1) is 11.3 Å². The van der Waals surface area contributed by atoms with Crippen molar-refractivity contribution in [1.29, 1.82) is 0 Å². The van der Waals surface area contributed by atoms with Gasteiger partial charge in [-0.1, -0.05) is 109 Å². The van der Waals surface area contributed by atoms with Gasteiger partial charge in [0.05, 0.1) is 11.0 Å². The molecule has 9 aromatic carbocycles. The largest absolute Gasteiger partial charge is 0.311 e. The standard InChI is InChI=1S/C54H37N3S/c1-5-15-40(16-6-1)55(41-17-7-2-8-18-41)44-28-25-38(26-29-44)39-27-34-51-48(35-39)49-37-54-50(47-23-13-14-24-53(47)58-54)36-52(49)57(51)46-32-30-45(31-33-46)56(42-19-9-3-10-20-42)43-21-11-4-12-22-43/h1-37H. The van der Waals surface area contributed by atoms with Gasteiger partial charge < -0.3 is 14.4 Å². The molecule has 4 heteroatoms. The second-order valence-corrected chi connectivity index (χ2v) is 15.7. The Labute approximate surface area is 341 Å². The first-order valence-electron chi connectivity index (χ1n) is 19.7. The second-order valence-electron chi connectivity index (χ2n) is 14.6. The number of aromatic nitrogens is 1. The quantitative estimate of drug-likeness (QED) is 0.153. The molecule has 2 aromatic heterocycles. The molecule has 0 N–H and O–H groups in total. The van der Waals surface area contributed by atoms with Crippen LogP contribution in [0.1, 0.15) is 0 Å². The van der Waals surface area contributed by atoms with Crippen LogP contribution < -0.4 is 9.80 Å². The van der Waals surface area contributed by atoms with Crippen LogP contribution in [0.25, 0.3) is 58.8 Å². The monoisotopic (exact) mass is 759 g/mol. The van der Waals surface area contributed by atoms with E-state index >= 15 is 0 Å². The van der Waals surface area contributed by atoms with Crippen LogP contribution in [-0.2, 0) is 0 Å². The normalized spacial score (nSPS) is 11.4. The molecule has 0 aliphatic carbocycles. The van der Waals surface area contributed by atoms with E-state index in [1.807, 2.05) is 11.3 Å². The van der Waals surface area contributed by atoms with Gasteiger partial charge in [0.25, 0.3) is 0 Å². The topological polar surface area (TPSA) is 11.4 Å². The number of hydrogen-bond donors (Lipinski definition) is 0. The van der Waals surface area contributed by atoms with E-state index in [0.29, 0.717) is 0 Å². The van der Waals surface area contributed by atoms with Crippen LogP contribution in [0.5, 0.6) is 0 Å². The van der Waals surface area contributed by atoms with E-state index in [1.54, 1.807) is 0 Å². The summed E-state index contributed by atoms with van der Waals surface area (Å²) in [6.45, 7) is 0. The fourth-order valence-electron chi connectivity index (χ4n) is 8.45. The molecule has 0 atom stereocenters. The maximum atomic E-state index is 2.44. The molecule has 0 radical (unpaired) electrons. The first kappa shape index (κ1) is 33.9. The Morgan fingerprint density at radius 3 is 1.29 bits per heavy atom. The van der Waals surface area contributed by atoms with Gasteiger partial charge in [0, 0.05) is 70.8 Å². The maximum Gasteiger partial charge on any atom is 0.0548 e. The van der Waals surface area contributed by atoms with Crippen molar-refractivity contribution in [2.75, 3.05) is 9.80 Å². The first-order chi connectivity index (χ1) is 28.8. The SMILES string of the molecule is c1ccc(N(c2ccccc2)c2ccc(-c3ccc4c(c3)c3cc5sc6ccccc6c5cc3n4-c3ccc(N(c4ccccc4)c4ccccc4)cc3)cc2)cc1. The Morgan fingerprint density at radius 1 is 0.293 bits per heavy atom. The number of benzene rings is 9. The van der Waals surface area contributed by atoms with Crippen molar-refractivity contribution in [3.63, 3.8) is 0 Å². The van der Waals surface area contributed by atoms with Crippen molar-refractivity contribution in [3.05, 3.63) is 224 Å². The van der Waals surface area contributed by atoms with E-state index in [4.69, 9.17) is 0 Å². The van der Waals surface area contributed by atoms with Crippen LogP contribution in [0, 0.1) is 0 Å². The molecule has 0 fully saturated rings. The van der Waals surface area contributed by atoms with Gasteiger partial charge in [-0.3, -0.25) is 0 Å². The fourth-order valence-corrected chi connectivity index (χ4v) is 9.58. The van der Waals surface area contributed by atoms with Gasteiger partial charge in [0.1, 0.15) is 0 Å². The Bertz CT molecular complexity index is 3110. The lowest BCUT2D eigenvalue weighted by Crippen LogP contribution is -2.09. The third kappa shape index (κ3) is 5.90. The van der Waals surface area contributed by atoms with Crippen LogP contribution in [0.15, 0.2) is 224 Å². The van der Waals surface area contributed by atoms with E-state index in [9.17, 15) is 0 Å². The predicted molar refractivity (Wildman–Crippen MR) is 248 cm³/mol. The molecule has 0 unspecified atom stereocenters. The Kier molecular flexibility index (Phi) is 8.34. The summed E-state index contributed by atoms with van der Waals surface area (Å²) in [6.07, 6.45) is 0. The van der Waals surface area contributed by atoms with E-state index < -0.39 is 0 Å². The third-order valence-corrected chi connectivity index (χ3v) is 12.3. The summed E-state index contributed by atoms with van der Waals surface area (Å²) in [5.74, 6) is 0. The van der Waals surface area contributed by atoms with E-state index in [1.165, 1.54) is 53.1 Å². The zero-order chi connectivity index (χ0) is 38.4. The van der Waals surface area contributed by atoms with Gasteiger partial charge in [0.15, 0.2) is 0 Å². The highest BCUT2D eigenvalue weighted by molar-refractivity contribution is 7.25. The number of fused-ring (bicyclic) bond motifs is 6. The molecule has 0 aliphatic heterocycles. The van der Waals surface area contributed by atoms with Crippen LogP contribution in [0.2, 0.25) is 0 Å². The highest BCUT2D eigenvalue weighted by Gasteiger charge is 2.19. The molecule has 58 heavy (non-hydrogen) atoms. The molecule has 11 aromatic rings. The number of rotatable bonds is 8. The summed E-state index contributed by atoms with van der Waals surface area (Å²) >= 11 is 1.87. The third-order valence-electron chi connectivity index (χ3n) is 11.1. The molecule has 2 heterocycles. The van der Waals surface area contributed by atoms with Gasteiger partial charge in [0.2, 0.25) is 0 Å². The highest BCUT2D eigenvalue weighted by Crippen LogP contribution is 2.43. The molecule has 11 rings (SSSR count). The minimum atomic E-state index is 1.11. The lowest BCUT2D eigenvalue weighted by atomic mass is 10.0. The molecule has 0 bridgehead atoms. The average Bonchev–Trinajstić information content (AvgIpc) is 3.82. The van der Waals surface area contributed by atoms with Crippen molar-refractivity contribution in [2.45, 2.75) is 0 Å². The van der Waals surface area contributed by atoms with E-state index in [-0.39, 0.29) is 0 Å². The lowest BCUT2D eigenvalue weighted by Gasteiger charge is -2.25. The summed E-state index contributed by atoms with van der Waals surface area (Å²) in [4.78, 5) is 4.62. The first-order valence-corrected chi connectivity index (χ1v) is 20.5. The second kappa shape index (κ2) is 14.3. The molecule has 0 spiro atoms. The van der Waals surface area contributed by atoms with Crippen LogP contribution in [-0.4, -0.2) is 4.57 Å². The number of thiophene rings is 1. The fraction of sp³-hybridized carbons (Fsp3) is 0. The zero-order valence-corrected chi connectivity index (χ0v) is 32.4. The molecular weight excluding hydrogens is 723 g/mol. The minimum absolute atomic E-state index is 1.11. The Morgan fingerprint density at radius 2 is 0.741 bits per heavy atom. The van der Waals surface area contributed by atoms with Crippen molar-refractivity contribution < 1.29 is 0 Å². The summed E-state index contributed by atoms with van der Waals surface area (Å²) in [7, 11) is 0. The van der Waals surface area contributed by atoms with E-state index in [0.717, 1.165) is 39.8 Å². The molecule has 0 amide bonds. The minimum Gasteiger partial charge on any atom is -0.311 e. The smallest absolute Gasteiger partial charge is 0.0548 e. The van der Waals surface area contributed by atoms with Crippen LogP contribution in [0.4, 0.5) is 34.1 Å². The molecule has 274 valence electrons. The highest BCUT2D eigenvalue weighted by atomic mass is 32.1. The zero-order valence-electron chi connectivity index (χ0n) is 31.6. The number of hydrogen-bond acceptors (Lipinski definition) is 3. The molecule has 0 aliphatic rings. The maximum absolute atomic E-state index is 2.44. The number of nitrogens with zero attached hydrogens (tertiary/aromatic N) is 3. The average molecular weight is 760 g/mol. The molecule has 0 saturated heterocycles.